The van der Waals surface area contributed by atoms with Gasteiger partial charge in [-0.15, -0.1) is 0 Å². The van der Waals surface area contributed by atoms with Gasteiger partial charge in [-0.25, -0.2) is 0 Å². The zero-order valence-electron chi connectivity index (χ0n) is 8.33. The van der Waals surface area contributed by atoms with E-state index in [9.17, 15) is 9.59 Å². The molecule has 0 unspecified atom stereocenters. The Balaban J connectivity index is 2.90. The van der Waals surface area contributed by atoms with Crippen LogP contribution in [0.2, 0.25) is 0 Å². The van der Waals surface area contributed by atoms with E-state index in [1.54, 1.807) is 4.90 Å². The van der Waals surface area contributed by atoms with Crippen molar-refractivity contribution in [2.45, 2.75) is 45.2 Å². The van der Waals surface area contributed by atoms with Gasteiger partial charge in [0.05, 0.1) is 0 Å². The van der Waals surface area contributed by atoms with Gasteiger partial charge in [0, 0.05) is 12.0 Å². The lowest BCUT2D eigenvalue weighted by Crippen LogP contribution is -2.51. The number of carbonyl (C=O) groups is 2. The van der Waals surface area contributed by atoms with E-state index >= 15 is 0 Å². The smallest absolute Gasteiger partial charge is 0.240 e. The summed E-state index contributed by atoms with van der Waals surface area (Å²) in [6.07, 6.45) is 0.996. The summed E-state index contributed by atoms with van der Waals surface area (Å²) in [5.41, 5.74) is 4.90. The summed E-state index contributed by atoms with van der Waals surface area (Å²) >= 11 is 0. The predicted molar refractivity (Wildman–Crippen MR) is 48.8 cm³/mol. The minimum atomic E-state index is -0.410. The lowest BCUT2D eigenvalue weighted by atomic mass is 10.0. The van der Waals surface area contributed by atoms with Crippen LogP contribution in [0.1, 0.15) is 33.6 Å². The number of nitrogens with two attached hydrogens (primary N) is 1. The zero-order chi connectivity index (χ0) is 10.2. The number of hydrogen-bond acceptors (Lipinski definition) is 2. The Bertz CT molecular complexity index is 242. The molecule has 1 heterocycles. The van der Waals surface area contributed by atoms with Crippen molar-refractivity contribution >= 4 is 11.8 Å². The quantitative estimate of drug-likeness (QED) is 0.635. The maximum absolute atomic E-state index is 11.5. The van der Waals surface area contributed by atoms with Crippen molar-refractivity contribution < 1.29 is 9.59 Å². The summed E-state index contributed by atoms with van der Waals surface area (Å²) < 4.78 is 0. The van der Waals surface area contributed by atoms with E-state index in [-0.39, 0.29) is 11.4 Å². The first-order valence-electron chi connectivity index (χ1n) is 4.45. The standard InChI is InChI=1S/C9H16N2O2/c1-9(2,3)11-6(8(10)13)4-5-7(11)12/h6H,4-5H2,1-3H3,(H2,10,13)/t6-/m0/s1. The SMILES string of the molecule is CC(C)(C)N1C(=O)CC[C@H]1C(N)=O. The van der Waals surface area contributed by atoms with Gasteiger partial charge in [0.2, 0.25) is 11.8 Å². The van der Waals surface area contributed by atoms with E-state index in [1.807, 2.05) is 20.8 Å². The second-order valence-electron chi connectivity index (χ2n) is 4.39. The summed E-state index contributed by atoms with van der Waals surface area (Å²) in [7, 11) is 0. The fourth-order valence-corrected chi connectivity index (χ4v) is 1.79. The second-order valence-corrected chi connectivity index (χ2v) is 4.39. The average Bonchev–Trinajstić information content (AvgIpc) is 2.28. The first-order valence-corrected chi connectivity index (χ1v) is 4.45. The summed E-state index contributed by atoms with van der Waals surface area (Å²) in [5, 5.41) is 0. The largest absolute Gasteiger partial charge is 0.368 e. The molecule has 1 saturated heterocycles. The van der Waals surface area contributed by atoms with Crippen molar-refractivity contribution in [3.63, 3.8) is 0 Å². The molecule has 1 aliphatic rings. The van der Waals surface area contributed by atoms with Crippen LogP contribution in [0.5, 0.6) is 0 Å². The second kappa shape index (κ2) is 3.01. The minimum absolute atomic E-state index is 0.0244. The van der Waals surface area contributed by atoms with Crippen LogP contribution >= 0.6 is 0 Å². The highest BCUT2D eigenvalue weighted by Crippen LogP contribution is 2.27. The summed E-state index contributed by atoms with van der Waals surface area (Å²) in [5.74, 6) is -0.378. The highest BCUT2D eigenvalue weighted by Gasteiger charge is 2.40. The molecule has 0 aromatic carbocycles. The number of likely N-dealkylation sites (tertiary alicyclic amines) is 1. The number of amides is 2. The molecule has 4 nitrogen and oxygen atoms in total. The Labute approximate surface area is 78.1 Å². The third-order valence-electron chi connectivity index (χ3n) is 2.26. The van der Waals surface area contributed by atoms with Gasteiger partial charge >= 0.3 is 0 Å². The highest BCUT2D eigenvalue weighted by molar-refractivity contribution is 5.90. The molecule has 0 radical (unpaired) electrons. The maximum Gasteiger partial charge on any atom is 0.240 e. The normalized spacial score (nSPS) is 23.8. The Kier molecular flexibility index (Phi) is 2.32. The highest BCUT2D eigenvalue weighted by atomic mass is 16.2. The number of primary amides is 1. The van der Waals surface area contributed by atoms with Gasteiger partial charge < -0.3 is 10.6 Å². The van der Waals surface area contributed by atoms with Crippen LogP contribution in [0.3, 0.4) is 0 Å². The molecule has 2 amide bonds. The van der Waals surface area contributed by atoms with E-state index < -0.39 is 11.9 Å². The summed E-state index contributed by atoms with van der Waals surface area (Å²) in [4.78, 5) is 24.1. The topological polar surface area (TPSA) is 63.4 Å². The van der Waals surface area contributed by atoms with Gasteiger partial charge in [-0.1, -0.05) is 0 Å². The predicted octanol–water partition coefficient (Wildman–Crippen LogP) is 0.261. The molecule has 1 rings (SSSR count). The van der Waals surface area contributed by atoms with Crippen molar-refractivity contribution in [1.82, 2.24) is 4.90 Å². The molecule has 1 fully saturated rings. The van der Waals surface area contributed by atoms with E-state index in [2.05, 4.69) is 0 Å². The fourth-order valence-electron chi connectivity index (χ4n) is 1.79. The van der Waals surface area contributed by atoms with Crippen molar-refractivity contribution in [3.8, 4) is 0 Å². The van der Waals surface area contributed by atoms with Crippen LogP contribution < -0.4 is 5.73 Å². The van der Waals surface area contributed by atoms with Gasteiger partial charge in [-0.2, -0.15) is 0 Å². The molecule has 2 N–H and O–H groups in total. The van der Waals surface area contributed by atoms with Crippen molar-refractivity contribution in [2.24, 2.45) is 5.73 Å². The van der Waals surface area contributed by atoms with Crippen LogP contribution in [0, 0.1) is 0 Å². The van der Waals surface area contributed by atoms with Gasteiger partial charge in [-0.3, -0.25) is 9.59 Å². The Hall–Kier alpha value is -1.06. The lowest BCUT2D eigenvalue weighted by molar-refractivity contribution is -0.138. The molecule has 0 spiro atoms. The Morgan fingerprint density at radius 1 is 1.54 bits per heavy atom. The average molecular weight is 184 g/mol. The molecule has 4 heteroatoms. The molecule has 0 aliphatic carbocycles. The van der Waals surface area contributed by atoms with Gasteiger partial charge in [0.25, 0.3) is 0 Å². The monoisotopic (exact) mass is 184 g/mol. The first-order chi connectivity index (χ1) is 5.84. The Morgan fingerprint density at radius 2 is 2.08 bits per heavy atom. The van der Waals surface area contributed by atoms with Crippen LogP contribution in [-0.4, -0.2) is 28.3 Å². The van der Waals surface area contributed by atoms with E-state index in [0.29, 0.717) is 12.8 Å². The molecule has 1 aliphatic heterocycles. The molecule has 0 aromatic heterocycles. The maximum atomic E-state index is 11.5. The van der Waals surface area contributed by atoms with Crippen LogP contribution in [0.15, 0.2) is 0 Å². The third-order valence-corrected chi connectivity index (χ3v) is 2.26. The molecule has 74 valence electrons. The first kappa shape index (κ1) is 10.0. The summed E-state index contributed by atoms with van der Waals surface area (Å²) in [6, 6.07) is -0.410. The molecule has 1 atom stereocenters. The number of carbonyl (C=O) groups excluding carboxylic acids is 2. The van der Waals surface area contributed by atoms with Crippen molar-refractivity contribution in [2.75, 3.05) is 0 Å². The molecular weight excluding hydrogens is 168 g/mol. The lowest BCUT2D eigenvalue weighted by Gasteiger charge is -2.35. The van der Waals surface area contributed by atoms with E-state index in [1.165, 1.54) is 0 Å². The molecule has 0 bridgehead atoms. The van der Waals surface area contributed by atoms with Gasteiger partial charge in [0.1, 0.15) is 6.04 Å². The van der Waals surface area contributed by atoms with Crippen molar-refractivity contribution in [1.29, 1.82) is 0 Å². The minimum Gasteiger partial charge on any atom is -0.368 e. The van der Waals surface area contributed by atoms with Gasteiger partial charge in [-0.05, 0) is 27.2 Å². The number of rotatable bonds is 1. The summed E-state index contributed by atoms with van der Waals surface area (Å²) in [6.45, 7) is 5.73. The molecule has 13 heavy (non-hydrogen) atoms. The van der Waals surface area contributed by atoms with Crippen molar-refractivity contribution in [3.05, 3.63) is 0 Å². The van der Waals surface area contributed by atoms with E-state index in [4.69, 9.17) is 5.73 Å². The molecule has 0 saturated carbocycles. The van der Waals surface area contributed by atoms with Crippen LogP contribution in [-0.2, 0) is 9.59 Å². The third kappa shape index (κ3) is 1.82. The molecule has 0 aromatic rings. The van der Waals surface area contributed by atoms with Gasteiger partial charge in [0.15, 0.2) is 0 Å². The zero-order valence-corrected chi connectivity index (χ0v) is 8.33. The number of nitrogens with zero attached hydrogens (tertiary/aromatic N) is 1. The number of hydrogen-bond donors (Lipinski definition) is 1. The van der Waals surface area contributed by atoms with Crippen LogP contribution in [0.25, 0.3) is 0 Å². The Morgan fingerprint density at radius 3 is 2.38 bits per heavy atom. The van der Waals surface area contributed by atoms with E-state index in [0.717, 1.165) is 0 Å². The van der Waals surface area contributed by atoms with Crippen LogP contribution in [0.4, 0.5) is 0 Å². The fraction of sp³-hybridized carbons (Fsp3) is 0.778. The molecular formula is C9H16N2O2.